The molecule has 1 heterocycles. The topological polar surface area (TPSA) is 114 Å². The van der Waals surface area contributed by atoms with Crippen molar-refractivity contribution in [2.24, 2.45) is 0 Å². The van der Waals surface area contributed by atoms with E-state index < -0.39 is 28.5 Å². The molecule has 0 fully saturated rings. The lowest BCUT2D eigenvalue weighted by Gasteiger charge is -2.33. The van der Waals surface area contributed by atoms with Crippen molar-refractivity contribution >= 4 is 27.5 Å². The molecule has 0 saturated heterocycles. The Morgan fingerprint density at radius 3 is 2.44 bits per heavy atom. The Labute approximate surface area is 212 Å². The van der Waals surface area contributed by atoms with Crippen LogP contribution in [-0.4, -0.2) is 70.8 Å². The van der Waals surface area contributed by atoms with E-state index in [0.717, 1.165) is 16.1 Å². The highest BCUT2D eigenvalue weighted by Crippen LogP contribution is 2.34. The molecule has 0 radical (unpaired) electrons. The third-order valence-corrected chi connectivity index (χ3v) is 6.86. The number of methoxy groups -OCH3 is 1. The Morgan fingerprint density at radius 1 is 1.08 bits per heavy atom. The molecule has 3 rings (SSSR count). The minimum atomic E-state index is -3.85. The van der Waals surface area contributed by atoms with Crippen molar-refractivity contribution in [1.29, 1.82) is 0 Å². The van der Waals surface area contributed by atoms with E-state index in [9.17, 15) is 18.0 Å². The van der Waals surface area contributed by atoms with Crippen LogP contribution in [0.15, 0.2) is 42.5 Å². The van der Waals surface area contributed by atoms with E-state index in [2.05, 4.69) is 5.32 Å². The summed E-state index contributed by atoms with van der Waals surface area (Å²) in [6.07, 6.45) is 1.38. The molecular formula is C25H33N3O7S. The number of sulfonamides is 1. The average molecular weight is 520 g/mol. The van der Waals surface area contributed by atoms with Crippen LogP contribution in [0.1, 0.15) is 25.8 Å². The van der Waals surface area contributed by atoms with Gasteiger partial charge in [0.1, 0.15) is 31.5 Å². The summed E-state index contributed by atoms with van der Waals surface area (Å²) in [6.45, 7) is 4.37. The van der Waals surface area contributed by atoms with Gasteiger partial charge >= 0.3 is 0 Å². The fraction of sp³-hybridized carbons (Fsp3) is 0.440. The van der Waals surface area contributed by atoms with Gasteiger partial charge in [0, 0.05) is 19.2 Å². The zero-order chi connectivity index (χ0) is 26.3. The molecule has 196 valence electrons. The zero-order valence-electron chi connectivity index (χ0n) is 21.0. The largest absolute Gasteiger partial charge is 0.497 e. The fourth-order valence-corrected chi connectivity index (χ4v) is 4.82. The van der Waals surface area contributed by atoms with Gasteiger partial charge in [0.2, 0.25) is 21.8 Å². The van der Waals surface area contributed by atoms with Crippen LogP contribution < -0.4 is 23.8 Å². The summed E-state index contributed by atoms with van der Waals surface area (Å²) in [7, 11) is -2.31. The highest BCUT2D eigenvalue weighted by Gasteiger charge is 2.32. The zero-order valence-corrected chi connectivity index (χ0v) is 21.8. The van der Waals surface area contributed by atoms with Crippen molar-refractivity contribution in [1.82, 2.24) is 10.2 Å². The van der Waals surface area contributed by atoms with E-state index in [1.807, 2.05) is 6.07 Å². The van der Waals surface area contributed by atoms with E-state index in [0.29, 0.717) is 43.4 Å². The normalized spacial score (nSPS) is 13.4. The fourth-order valence-electron chi connectivity index (χ4n) is 3.98. The minimum absolute atomic E-state index is 0.102. The third-order valence-electron chi connectivity index (χ3n) is 5.72. The molecule has 1 N–H and O–H groups in total. The van der Waals surface area contributed by atoms with Gasteiger partial charge < -0.3 is 24.4 Å². The van der Waals surface area contributed by atoms with E-state index in [1.165, 1.54) is 11.0 Å². The summed E-state index contributed by atoms with van der Waals surface area (Å²) >= 11 is 0. The third kappa shape index (κ3) is 6.60. The summed E-state index contributed by atoms with van der Waals surface area (Å²) in [6, 6.07) is 11.1. The van der Waals surface area contributed by atoms with E-state index in [4.69, 9.17) is 14.2 Å². The van der Waals surface area contributed by atoms with Crippen LogP contribution in [0.4, 0.5) is 5.69 Å². The highest BCUT2D eigenvalue weighted by atomic mass is 32.2. The number of amides is 2. The standard InChI is InChI=1S/C25H33N3O7S/c1-5-21(25(30)26-6-2)27(16-18-8-7-9-20(14-18)33-3)24(29)17-28(36(4,31)32)19-10-11-22-23(15-19)35-13-12-34-22/h7-11,14-15,21H,5-6,12-13,16-17H2,1-4H3,(H,26,30). The summed E-state index contributed by atoms with van der Waals surface area (Å²) in [4.78, 5) is 28.0. The number of fused-ring (bicyclic) bond motifs is 1. The van der Waals surface area contributed by atoms with Crippen molar-refractivity contribution in [3.8, 4) is 17.2 Å². The van der Waals surface area contributed by atoms with Crippen molar-refractivity contribution in [3.05, 3.63) is 48.0 Å². The first-order valence-electron chi connectivity index (χ1n) is 11.7. The molecule has 0 bridgehead atoms. The first-order chi connectivity index (χ1) is 17.2. The highest BCUT2D eigenvalue weighted by molar-refractivity contribution is 7.92. The predicted octanol–water partition coefficient (Wildman–Crippen LogP) is 2.18. The number of nitrogens with one attached hydrogen (secondary N) is 1. The second-order valence-electron chi connectivity index (χ2n) is 8.29. The van der Waals surface area contributed by atoms with Gasteiger partial charge in [0.05, 0.1) is 19.1 Å². The molecule has 2 aromatic rings. The van der Waals surface area contributed by atoms with Crippen LogP contribution in [0.3, 0.4) is 0 Å². The molecule has 36 heavy (non-hydrogen) atoms. The Kier molecular flexibility index (Phi) is 9.03. The van der Waals surface area contributed by atoms with Crippen LogP contribution in [0, 0.1) is 0 Å². The number of likely N-dealkylation sites (N-methyl/N-ethyl adjacent to an activating group) is 1. The van der Waals surface area contributed by atoms with Gasteiger partial charge in [0.25, 0.3) is 0 Å². The lowest BCUT2D eigenvalue weighted by atomic mass is 10.1. The summed E-state index contributed by atoms with van der Waals surface area (Å²) in [5.74, 6) is 0.700. The number of carbonyl (C=O) groups is 2. The van der Waals surface area contributed by atoms with Crippen molar-refractivity contribution in [2.45, 2.75) is 32.9 Å². The smallest absolute Gasteiger partial charge is 0.244 e. The first kappa shape index (κ1) is 27.1. The number of hydrogen-bond acceptors (Lipinski definition) is 7. The van der Waals surface area contributed by atoms with Gasteiger partial charge in [-0.25, -0.2) is 8.42 Å². The molecule has 11 heteroatoms. The number of benzene rings is 2. The maximum absolute atomic E-state index is 13.7. The maximum Gasteiger partial charge on any atom is 0.244 e. The SMILES string of the molecule is CCNC(=O)C(CC)N(Cc1cccc(OC)c1)C(=O)CN(c1ccc2c(c1)OCCO2)S(C)(=O)=O. The Hall–Kier alpha value is -3.47. The Morgan fingerprint density at radius 2 is 1.81 bits per heavy atom. The maximum atomic E-state index is 13.7. The van der Waals surface area contributed by atoms with E-state index in [1.54, 1.807) is 51.3 Å². The number of rotatable bonds is 11. The molecule has 0 saturated carbocycles. The number of hydrogen-bond donors (Lipinski definition) is 1. The quantitative estimate of drug-likeness (QED) is 0.484. The van der Waals surface area contributed by atoms with Crippen LogP contribution in [0.25, 0.3) is 0 Å². The van der Waals surface area contributed by atoms with Crippen LogP contribution >= 0.6 is 0 Å². The minimum Gasteiger partial charge on any atom is -0.497 e. The van der Waals surface area contributed by atoms with Crippen LogP contribution in [0.2, 0.25) is 0 Å². The molecule has 1 unspecified atom stereocenters. The number of carbonyl (C=O) groups excluding carboxylic acids is 2. The molecule has 1 aliphatic heterocycles. The lowest BCUT2D eigenvalue weighted by molar-refractivity contribution is -0.140. The van der Waals surface area contributed by atoms with Gasteiger partial charge in [-0.3, -0.25) is 13.9 Å². The molecule has 2 aromatic carbocycles. The first-order valence-corrected chi connectivity index (χ1v) is 13.6. The number of nitrogens with zero attached hydrogens (tertiary/aromatic N) is 2. The van der Waals surface area contributed by atoms with E-state index >= 15 is 0 Å². The second kappa shape index (κ2) is 12.0. The van der Waals surface area contributed by atoms with Gasteiger partial charge in [-0.05, 0) is 43.2 Å². The monoisotopic (exact) mass is 519 g/mol. The van der Waals surface area contributed by atoms with E-state index in [-0.39, 0.29) is 18.1 Å². The molecular weight excluding hydrogens is 486 g/mol. The molecule has 0 aliphatic carbocycles. The van der Waals surface area contributed by atoms with Gasteiger partial charge in [-0.2, -0.15) is 0 Å². The van der Waals surface area contributed by atoms with Crippen molar-refractivity contribution in [2.75, 3.05) is 44.0 Å². The van der Waals surface area contributed by atoms with Gasteiger partial charge in [-0.15, -0.1) is 0 Å². The number of ether oxygens (including phenoxy) is 3. The van der Waals surface area contributed by atoms with Crippen LogP contribution in [-0.2, 0) is 26.2 Å². The second-order valence-corrected chi connectivity index (χ2v) is 10.2. The molecule has 1 atom stereocenters. The lowest BCUT2D eigenvalue weighted by Crippen LogP contribution is -2.52. The molecule has 1 aliphatic rings. The average Bonchev–Trinajstić information content (AvgIpc) is 2.86. The van der Waals surface area contributed by atoms with Crippen molar-refractivity contribution in [3.63, 3.8) is 0 Å². The summed E-state index contributed by atoms with van der Waals surface area (Å²) in [5, 5.41) is 2.77. The molecule has 2 amide bonds. The molecule has 10 nitrogen and oxygen atoms in total. The number of anilines is 1. The summed E-state index contributed by atoms with van der Waals surface area (Å²) in [5.41, 5.74) is 1.01. The van der Waals surface area contributed by atoms with Crippen LogP contribution in [0.5, 0.6) is 17.2 Å². The van der Waals surface area contributed by atoms with Crippen molar-refractivity contribution < 1.29 is 32.2 Å². The predicted molar refractivity (Wildman–Crippen MR) is 136 cm³/mol. The molecule has 0 spiro atoms. The molecule has 0 aromatic heterocycles. The Balaban J connectivity index is 1.95. The van der Waals surface area contributed by atoms with Gasteiger partial charge in [0.15, 0.2) is 11.5 Å². The van der Waals surface area contributed by atoms with Gasteiger partial charge in [-0.1, -0.05) is 19.1 Å². The summed E-state index contributed by atoms with van der Waals surface area (Å²) < 4.78 is 42.9. The Bertz CT molecular complexity index is 1190.